The Morgan fingerprint density at radius 1 is 1.53 bits per heavy atom. The van der Waals surface area contributed by atoms with Gasteiger partial charge in [0, 0.05) is 13.1 Å². The smallest absolute Gasteiger partial charge is 0.261 e. The molecular formula is C13H15ClN2O3. The number of amides is 2. The summed E-state index contributed by atoms with van der Waals surface area (Å²) in [5.41, 5.74) is 1.00. The van der Waals surface area contributed by atoms with Gasteiger partial charge in [0.2, 0.25) is 5.91 Å². The quantitative estimate of drug-likeness (QED) is 0.899. The minimum absolute atomic E-state index is 0.0870. The van der Waals surface area contributed by atoms with Crippen LogP contribution in [0.3, 0.4) is 0 Å². The molecule has 0 saturated carbocycles. The maximum atomic E-state index is 11.9. The van der Waals surface area contributed by atoms with Gasteiger partial charge in [-0.05, 0) is 24.6 Å². The van der Waals surface area contributed by atoms with Crippen molar-refractivity contribution in [1.82, 2.24) is 10.2 Å². The van der Waals surface area contributed by atoms with E-state index in [9.17, 15) is 9.59 Å². The van der Waals surface area contributed by atoms with Crippen molar-refractivity contribution in [2.24, 2.45) is 0 Å². The molecule has 0 aromatic heterocycles. The van der Waals surface area contributed by atoms with Gasteiger partial charge in [-0.3, -0.25) is 9.59 Å². The predicted molar refractivity (Wildman–Crippen MR) is 71.3 cm³/mol. The summed E-state index contributed by atoms with van der Waals surface area (Å²) in [6.07, 6.45) is 0. The van der Waals surface area contributed by atoms with E-state index < -0.39 is 0 Å². The molecule has 0 radical (unpaired) electrons. The first-order valence-corrected chi connectivity index (χ1v) is 6.37. The van der Waals surface area contributed by atoms with Crippen molar-refractivity contribution in [2.75, 3.05) is 26.2 Å². The predicted octanol–water partition coefficient (Wildman–Crippen LogP) is 0.986. The highest BCUT2D eigenvalue weighted by Gasteiger charge is 2.21. The number of benzene rings is 1. The SMILES string of the molecule is Cc1ccc(Cl)c(OCC(=O)N2CCNC(=O)C2)c1. The van der Waals surface area contributed by atoms with Crippen LogP contribution in [-0.2, 0) is 9.59 Å². The van der Waals surface area contributed by atoms with E-state index in [0.717, 1.165) is 5.56 Å². The lowest BCUT2D eigenvalue weighted by molar-refractivity contribution is -0.139. The molecule has 0 unspecified atom stereocenters. The van der Waals surface area contributed by atoms with E-state index in [1.807, 2.05) is 13.0 Å². The van der Waals surface area contributed by atoms with Gasteiger partial charge in [0.15, 0.2) is 6.61 Å². The molecule has 1 aromatic carbocycles. The van der Waals surface area contributed by atoms with Crippen molar-refractivity contribution in [3.8, 4) is 5.75 Å². The minimum Gasteiger partial charge on any atom is -0.482 e. The Bertz CT molecular complexity index is 505. The second kappa shape index (κ2) is 5.93. The highest BCUT2D eigenvalue weighted by atomic mass is 35.5. The van der Waals surface area contributed by atoms with E-state index in [4.69, 9.17) is 16.3 Å². The first-order valence-electron chi connectivity index (χ1n) is 5.99. The summed E-state index contributed by atoms with van der Waals surface area (Å²) in [5, 5.41) is 3.13. The van der Waals surface area contributed by atoms with E-state index >= 15 is 0 Å². The Labute approximate surface area is 116 Å². The fraction of sp³-hybridized carbons (Fsp3) is 0.385. The van der Waals surface area contributed by atoms with E-state index in [1.54, 1.807) is 12.1 Å². The van der Waals surface area contributed by atoms with Crippen molar-refractivity contribution in [3.05, 3.63) is 28.8 Å². The normalized spacial score (nSPS) is 15.1. The molecule has 5 nitrogen and oxygen atoms in total. The average Bonchev–Trinajstić information content (AvgIpc) is 2.39. The fourth-order valence-corrected chi connectivity index (χ4v) is 1.98. The summed E-state index contributed by atoms with van der Waals surface area (Å²) in [6, 6.07) is 5.37. The third-order valence-electron chi connectivity index (χ3n) is 2.83. The molecule has 0 aliphatic carbocycles. The van der Waals surface area contributed by atoms with Crippen LogP contribution in [0.1, 0.15) is 5.56 Å². The molecule has 0 bridgehead atoms. The maximum Gasteiger partial charge on any atom is 0.261 e. The van der Waals surface area contributed by atoms with Crippen LogP contribution in [0.4, 0.5) is 0 Å². The molecule has 1 fully saturated rings. The number of nitrogens with zero attached hydrogens (tertiary/aromatic N) is 1. The lowest BCUT2D eigenvalue weighted by Gasteiger charge is -2.26. The Morgan fingerprint density at radius 3 is 3.05 bits per heavy atom. The third kappa shape index (κ3) is 3.61. The average molecular weight is 283 g/mol. The Morgan fingerprint density at radius 2 is 2.32 bits per heavy atom. The minimum atomic E-state index is -0.215. The van der Waals surface area contributed by atoms with Gasteiger partial charge in [0.1, 0.15) is 5.75 Å². The summed E-state index contributed by atoms with van der Waals surface area (Å²) in [6.45, 7) is 2.88. The zero-order valence-electron chi connectivity index (χ0n) is 10.6. The second-order valence-corrected chi connectivity index (χ2v) is 4.79. The molecule has 2 amide bonds. The van der Waals surface area contributed by atoms with Gasteiger partial charge < -0.3 is 15.0 Å². The number of aryl methyl sites for hydroxylation is 1. The Hall–Kier alpha value is -1.75. The summed E-state index contributed by atoms with van der Waals surface area (Å²) in [7, 11) is 0. The maximum absolute atomic E-state index is 11.9. The highest BCUT2D eigenvalue weighted by molar-refractivity contribution is 6.32. The Kier molecular flexibility index (Phi) is 4.27. The Balaban J connectivity index is 1.92. The van der Waals surface area contributed by atoms with Crippen LogP contribution in [0.5, 0.6) is 5.75 Å². The number of hydrogen-bond acceptors (Lipinski definition) is 3. The molecule has 19 heavy (non-hydrogen) atoms. The van der Waals surface area contributed by atoms with Crippen LogP contribution in [0.2, 0.25) is 5.02 Å². The number of carbonyl (C=O) groups is 2. The van der Waals surface area contributed by atoms with Crippen molar-refractivity contribution in [2.45, 2.75) is 6.92 Å². The number of halogens is 1. The fourth-order valence-electron chi connectivity index (χ4n) is 1.80. The van der Waals surface area contributed by atoms with Crippen LogP contribution in [0.15, 0.2) is 18.2 Å². The van der Waals surface area contributed by atoms with Gasteiger partial charge in [-0.15, -0.1) is 0 Å². The molecule has 102 valence electrons. The topological polar surface area (TPSA) is 58.6 Å². The summed E-state index contributed by atoms with van der Waals surface area (Å²) in [5.74, 6) is 0.122. The van der Waals surface area contributed by atoms with Gasteiger partial charge in [-0.2, -0.15) is 0 Å². The van der Waals surface area contributed by atoms with Crippen LogP contribution in [-0.4, -0.2) is 43.0 Å². The van der Waals surface area contributed by atoms with Crippen molar-refractivity contribution in [3.63, 3.8) is 0 Å². The van der Waals surface area contributed by atoms with Gasteiger partial charge in [-0.1, -0.05) is 17.7 Å². The molecule has 1 N–H and O–H groups in total. The number of rotatable bonds is 3. The lowest BCUT2D eigenvalue weighted by Crippen LogP contribution is -2.51. The van der Waals surface area contributed by atoms with Crippen molar-refractivity contribution < 1.29 is 14.3 Å². The summed E-state index contributed by atoms with van der Waals surface area (Å²) in [4.78, 5) is 24.5. The van der Waals surface area contributed by atoms with Gasteiger partial charge in [-0.25, -0.2) is 0 Å². The van der Waals surface area contributed by atoms with Crippen LogP contribution in [0, 0.1) is 6.92 Å². The van der Waals surface area contributed by atoms with E-state index in [2.05, 4.69) is 5.32 Å². The monoisotopic (exact) mass is 282 g/mol. The number of nitrogens with one attached hydrogen (secondary N) is 1. The first-order chi connectivity index (χ1) is 9.06. The van der Waals surface area contributed by atoms with Gasteiger partial charge >= 0.3 is 0 Å². The standard InChI is InChI=1S/C13H15ClN2O3/c1-9-2-3-10(14)11(6-9)19-8-13(18)16-5-4-15-12(17)7-16/h2-3,6H,4-5,7-8H2,1H3,(H,15,17). The summed E-state index contributed by atoms with van der Waals surface area (Å²) < 4.78 is 5.41. The third-order valence-corrected chi connectivity index (χ3v) is 3.14. The first kappa shape index (κ1) is 13.7. The molecule has 1 saturated heterocycles. The number of carbonyl (C=O) groups excluding carboxylic acids is 2. The number of ether oxygens (including phenoxy) is 1. The highest BCUT2D eigenvalue weighted by Crippen LogP contribution is 2.25. The van der Waals surface area contributed by atoms with Crippen molar-refractivity contribution in [1.29, 1.82) is 0 Å². The lowest BCUT2D eigenvalue weighted by atomic mass is 10.2. The second-order valence-electron chi connectivity index (χ2n) is 4.39. The van der Waals surface area contributed by atoms with E-state index in [1.165, 1.54) is 4.90 Å². The number of hydrogen-bond donors (Lipinski definition) is 1. The molecular weight excluding hydrogens is 268 g/mol. The van der Waals surface area contributed by atoms with E-state index in [0.29, 0.717) is 23.9 Å². The van der Waals surface area contributed by atoms with Crippen LogP contribution >= 0.6 is 11.6 Å². The molecule has 0 spiro atoms. The molecule has 0 atom stereocenters. The van der Waals surface area contributed by atoms with Crippen molar-refractivity contribution >= 4 is 23.4 Å². The number of piperazine rings is 1. The van der Waals surface area contributed by atoms with Gasteiger partial charge in [0.25, 0.3) is 5.91 Å². The zero-order chi connectivity index (χ0) is 13.8. The van der Waals surface area contributed by atoms with Crippen LogP contribution in [0.25, 0.3) is 0 Å². The molecule has 1 heterocycles. The molecule has 1 aromatic rings. The largest absolute Gasteiger partial charge is 0.482 e. The molecule has 1 aliphatic rings. The van der Waals surface area contributed by atoms with Crippen LogP contribution < -0.4 is 10.1 Å². The molecule has 1 aliphatic heterocycles. The molecule has 2 rings (SSSR count). The summed E-state index contributed by atoms with van der Waals surface area (Å²) >= 11 is 5.97. The van der Waals surface area contributed by atoms with Gasteiger partial charge in [0.05, 0.1) is 11.6 Å². The van der Waals surface area contributed by atoms with E-state index in [-0.39, 0.29) is 25.0 Å². The zero-order valence-corrected chi connectivity index (χ0v) is 11.4. The molecule has 6 heteroatoms.